The Balaban J connectivity index is 1.95. The summed E-state index contributed by atoms with van der Waals surface area (Å²) in [7, 11) is 1.57. The van der Waals surface area contributed by atoms with Gasteiger partial charge >= 0.3 is 0 Å². The summed E-state index contributed by atoms with van der Waals surface area (Å²) >= 11 is 4.53. The number of hydrazone groups is 1. The topological polar surface area (TPSA) is 102 Å². The van der Waals surface area contributed by atoms with Crippen LogP contribution >= 0.6 is 27.3 Å². The number of amides is 1. The molecule has 0 radical (unpaired) electrons. The maximum atomic E-state index is 11.7. The van der Waals surface area contributed by atoms with E-state index in [0.717, 1.165) is 10.0 Å². The third-order valence-corrected chi connectivity index (χ3v) is 3.62. The van der Waals surface area contributed by atoms with Gasteiger partial charge in [0, 0.05) is 10.0 Å². The molecule has 1 heterocycles. The summed E-state index contributed by atoms with van der Waals surface area (Å²) in [4.78, 5) is 11.7. The van der Waals surface area contributed by atoms with Crippen molar-refractivity contribution in [2.24, 2.45) is 5.10 Å². The van der Waals surface area contributed by atoms with Crippen molar-refractivity contribution in [3.8, 4) is 5.75 Å². The van der Waals surface area contributed by atoms with Crippen LogP contribution in [0, 0.1) is 0 Å². The van der Waals surface area contributed by atoms with Gasteiger partial charge in [-0.3, -0.25) is 4.79 Å². The Morgan fingerprint density at radius 3 is 3.05 bits per heavy atom. The SMILES string of the molecule is COc1ccc(Br)cc1/C=N\NC(=O)Cc1nnc(N)s1. The Morgan fingerprint density at radius 2 is 2.38 bits per heavy atom. The minimum absolute atomic E-state index is 0.0851. The molecule has 7 nitrogen and oxygen atoms in total. The van der Waals surface area contributed by atoms with E-state index < -0.39 is 0 Å². The number of anilines is 1. The number of hydrogen-bond acceptors (Lipinski definition) is 7. The zero-order valence-electron chi connectivity index (χ0n) is 11.0. The second-order valence-corrected chi connectivity index (χ2v) is 5.90. The van der Waals surface area contributed by atoms with Gasteiger partial charge in [0.2, 0.25) is 11.0 Å². The quantitative estimate of drug-likeness (QED) is 0.615. The fraction of sp³-hybridized carbons (Fsp3) is 0.167. The van der Waals surface area contributed by atoms with E-state index in [1.807, 2.05) is 12.1 Å². The molecule has 0 aliphatic heterocycles. The number of rotatable bonds is 5. The third-order valence-electron chi connectivity index (χ3n) is 2.38. The summed E-state index contributed by atoms with van der Waals surface area (Å²) in [5.74, 6) is 0.365. The fourth-order valence-electron chi connectivity index (χ4n) is 1.49. The van der Waals surface area contributed by atoms with Crippen molar-refractivity contribution in [3.05, 3.63) is 33.2 Å². The Morgan fingerprint density at radius 1 is 1.57 bits per heavy atom. The lowest BCUT2D eigenvalue weighted by Crippen LogP contribution is -2.19. The average Bonchev–Trinajstić information content (AvgIpc) is 2.84. The van der Waals surface area contributed by atoms with Gasteiger partial charge in [0.25, 0.3) is 0 Å². The van der Waals surface area contributed by atoms with Crippen LogP contribution in [0.25, 0.3) is 0 Å². The Kier molecular flexibility index (Phi) is 5.23. The molecule has 0 fully saturated rings. The highest BCUT2D eigenvalue weighted by Crippen LogP contribution is 2.21. The lowest BCUT2D eigenvalue weighted by atomic mass is 10.2. The number of ether oxygens (including phenoxy) is 1. The molecular formula is C12H12BrN5O2S. The van der Waals surface area contributed by atoms with Gasteiger partial charge in [-0.2, -0.15) is 5.10 Å². The number of nitrogen functional groups attached to an aromatic ring is 1. The minimum atomic E-state index is -0.295. The van der Waals surface area contributed by atoms with Crippen molar-refractivity contribution < 1.29 is 9.53 Å². The Labute approximate surface area is 133 Å². The first kappa shape index (κ1) is 15.4. The fourth-order valence-corrected chi connectivity index (χ4v) is 2.48. The third kappa shape index (κ3) is 4.50. The molecule has 1 amide bonds. The van der Waals surface area contributed by atoms with E-state index in [0.29, 0.717) is 15.9 Å². The predicted octanol–water partition coefficient (Wildman–Crippen LogP) is 1.58. The van der Waals surface area contributed by atoms with Crippen LogP contribution in [0.3, 0.4) is 0 Å². The number of carbonyl (C=O) groups is 1. The molecule has 3 N–H and O–H groups in total. The summed E-state index contributed by atoms with van der Waals surface area (Å²) in [5.41, 5.74) is 8.60. The van der Waals surface area contributed by atoms with Gasteiger partial charge in [-0.1, -0.05) is 27.3 Å². The second-order valence-electron chi connectivity index (χ2n) is 3.89. The van der Waals surface area contributed by atoms with Gasteiger partial charge in [-0.25, -0.2) is 5.43 Å². The molecule has 0 aliphatic rings. The molecule has 2 aromatic rings. The highest BCUT2D eigenvalue weighted by atomic mass is 79.9. The normalized spacial score (nSPS) is 10.8. The van der Waals surface area contributed by atoms with E-state index in [4.69, 9.17) is 10.5 Å². The van der Waals surface area contributed by atoms with Gasteiger partial charge in [0.1, 0.15) is 10.8 Å². The molecule has 1 aromatic carbocycles. The number of nitrogens with one attached hydrogen (secondary N) is 1. The lowest BCUT2D eigenvalue weighted by molar-refractivity contribution is -0.120. The number of nitrogens with zero attached hydrogens (tertiary/aromatic N) is 3. The van der Waals surface area contributed by atoms with E-state index in [1.165, 1.54) is 17.6 Å². The molecule has 0 bridgehead atoms. The van der Waals surface area contributed by atoms with Gasteiger partial charge in [0.05, 0.1) is 19.7 Å². The zero-order valence-corrected chi connectivity index (χ0v) is 13.4. The van der Waals surface area contributed by atoms with Crippen LogP contribution in [0.1, 0.15) is 10.6 Å². The van der Waals surface area contributed by atoms with Crippen molar-refractivity contribution in [3.63, 3.8) is 0 Å². The summed E-state index contributed by atoms with van der Waals surface area (Å²) in [6.07, 6.45) is 1.60. The number of nitrogens with two attached hydrogens (primary N) is 1. The molecule has 21 heavy (non-hydrogen) atoms. The molecule has 0 unspecified atom stereocenters. The van der Waals surface area contributed by atoms with E-state index >= 15 is 0 Å². The smallest absolute Gasteiger partial charge is 0.247 e. The van der Waals surface area contributed by atoms with Gasteiger partial charge in [0.15, 0.2) is 0 Å². The first-order chi connectivity index (χ1) is 10.1. The van der Waals surface area contributed by atoms with E-state index in [2.05, 4.69) is 36.7 Å². The molecule has 0 spiro atoms. The minimum Gasteiger partial charge on any atom is -0.496 e. The van der Waals surface area contributed by atoms with Crippen LogP contribution in [0.15, 0.2) is 27.8 Å². The summed E-state index contributed by atoms with van der Waals surface area (Å²) in [6, 6.07) is 5.49. The molecule has 2 rings (SSSR count). The number of hydrogen-bond donors (Lipinski definition) is 2. The summed E-state index contributed by atoms with van der Waals surface area (Å²) < 4.78 is 6.09. The van der Waals surface area contributed by atoms with Gasteiger partial charge < -0.3 is 10.5 Å². The predicted molar refractivity (Wildman–Crippen MR) is 84.5 cm³/mol. The number of methoxy groups -OCH3 is 1. The van der Waals surface area contributed by atoms with Crippen LogP contribution < -0.4 is 15.9 Å². The van der Waals surface area contributed by atoms with Crippen molar-refractivity contribution in [1.29, 1.82) is 0 Å². The summed E-state index contributed by atoms with van der Waals surface area (Å²) in [6.45, 7) is 0. The number of carbonyl (C=O) groups excluding carboxylic acids is 1. The van der Waals surface area contributed by atoms with Crippen LogP contribution in [0.4, 0.5) is 5.13 Å². The molecule has 0 saturated carbocycles. The van der Waals surface area contributed by atoms with Crippen molar-refractivity contribution in [1.82, 2.24) is 15.6 Å². The van der Waals surface area contributed by atoms with E-state index in [-0.39, 0.29) is 12.3 Å². The molecular weight excluding hydrogens is 358 g/mol. The Bertz CT molecular complexity index is 673. The molecule has 9 heteroatoms. The van der Waals surface area contributed by atoms with E-state index in [1.54, 1.807) is 13.2 Å². The molecule has 1 aromatic heterocycles. The molecule has 0 aliphatic carbocycles. The Hall–Kier alpha value is -2.00. The number of halogens is 1. The van der Waals surface area contributed by atoms with Crippen LogP contribution in [-0.4, -0.2) is 29.4 Å². The van der Waals surface area contributed by atoms with Crippen molar-refractivity contribution in [2.45, 2.75) is 6.42 Å². The first-order valence-electron chi connectivity index (χ1n) is 5.82. The van der Waals surface area contributed by atoms with Crippen LogP contribution in [0.2, 0.25) is 0 Å². The van der Waals surface area contributed by atoms with Crippen molar-refractivity contribution in [2.75, 3.05) is 12.8 Å². The van der Waals surface area contributed by atoms with Gasteiger partial charge in [-0.05, 0) is 18.2 Å². The molecule has 110 valence electrons. The zero-order chi connectivity index (χ0) is 15.2. The first-order valence-corrected chi connectivity index (χ1v) is 7.42. The van der Waals surface area contributed by atoms with Crippen LogP contribution in [0.5, 0.6) is 5.75 Å². The number of aromatic nitrogens is 2. The van der Waals surface area contributed by atoms with E-state index in [9.17, 15) is 4.79 Å². The molecule has 0 saturated heterocycles. The van der Waals surface area contributed by atoms with Crippen molar-refractivity contribution >= 4 is 44.5 Å². The summed E-state index contributed by atoms with van der Waals surface area (Å²) in [5, 5.41) is 12.2. The lowest BCUT2D eigenvalue weighted by Gasteiger charge is -2.04. The molecule has 0 atom stereocenters. The highest BCUT2D eigenvalue weighted by Gasteiger charge is 2.07. The van der Waals surface area contributed by atoms with Gasteiger partial charge in [-0.15, -0.1) is 10.2 Å². The maximum Gasteiger partial charge on any atom is 0.247 e. The monoisotopic (exact) mass is 369 g/mol. The largest absolute Gasteiger partial charge is 0.496 e. The highest BCUT2D eigenvalue weighted by molar-refractivity contribution is 9.10. The average molecular weight is 370 g/mol. The maximum absolute atomic E-state index is 11.7. The van der Waals surface area contributed by atoms with Crippen LogP contribution in [-0.2, 0) is 11.2 Å². The standard InChI is InChI=1S/C12H12BrN5O2S/c1-20-9-3-2-8(13)4-7(9)6-15-16-10(19)5-11-17-18-12(14)21-11/h2-4,6H,5H2,1H3,(H2,14,18)(H,16,19)/b15-6-. The second kappa shape index (κ2) is 7.14. The number of benzene rings is 1.